The molecule has 0 aliphatic heterocycles. The van der Waals surface area contributed by atoms with Crippen LogP contribution in [0.4, 0.5) is 11.4 Å². The summed E-state index contributed by atoms with van der Waals surface area (Å²) in [6.45, 7) is 0. The maximum absolute atomic E-state index is 12.4. The Labute approximate surface area is 193 Å². The summed E-state index contributed by atoms with van der Waals surface area (Å²) in [6, 6.07) is 12.1. The van der Waals surface area contributed by atoms with Crippen LogP contribution in [-0.2, 0) is 16.0 Å². The van der Waals surface area contributed by atoms with Gasteiger partial charge in [0.05, 0.1) is 37.8 Å². The Morgan fingerprint density at radius 1 is 1.06 bits per heavy atom. The van der Waals surface area contributed by atoms with Crippen LogP contribution in [0.15, 0.2) is 52.2 Å². The number of anilines is 2. The molecule has 0 aliphatic rings. The van der Waals surface area contributed by atoms with E-state index in [2.05, 4.69) is 15.6 Å². The number of thioether (sulfide) groups is 1. The first-order valence-corrected chi connectivity index (χ1v) is 11.4. The van der Waals surface area contributed by atoms with Crippen molar-refractivity contribution < 1.29 is 19.1 Å². The zero-order valence-corrected chi connectivity index (χ0v) is 19.2. The Hall–Kier alpha value is -2.75. The molecular weight excluding hydrogens is 458 g/mol. The topological polar surface area (TPSA) is 89.5 Å². The lowest BCUT2D eigenvalue weighted by Gasteiger charge is -2.11. The zero-order valence-electron chi connectivity index (χ0n) is 16.8. The molecular formula is C21H20ClN3O4S2. The maximum atomic E-state index is 12.4. The zero-order chi connectivity index (χ0) is 22.2. The molecule has 3 rings (SSSR count). The molecule has 1 heterocycles. The van der Waals surface area contributed by atoms with Crippen molar-refractivity contribution in [3.8, 4) is 11.5 Å². The largest absolute Gasteiger partial charge is 0.497 e. The number of hydrogen-bond acceptors (Lipinski definition) is 7. The Balaban J connectivity index is 1.49. The second-order valence-corrected chi connectivity index (χ2v) is 8.76. The minimum absolute atomic E-state index is 0.114. The molecule has 3 aromatic rings. The minimum atomic E-state index is -0.217. The van der Waals surface area contributed by atoms with Crippen LogP contribution in [0.25, 0.3) is 0 Å². The predicted octanol–water partition coefficient (Wildman–Crippen LogP) is 4.73. The van der Waals surface area contributed by atoms with Gasteiger partial charge in [-0.25, -0.2) is 4.98 Å². The van der Waals surface area contributed by atoms with Gasteiger partial charge in [-0.1, -0.05) is 23.4 Å². The number of hydrogen-bond donors (Lipinski definition) is 2. The van der Waals surface area contributed by atoms with Gasteiger partial charge in [0.25, 0.3) is 0 Å². The summed E-state index contributed by atoms with van der Waals surface area (Å²) < 4.78 is 11.2. The van der Waals surface area contributed by atoms with Crippen molar-refractivity contribution in [2.24, 2.45) is 0 Å². The van der Waals surface area contributed by atoms with Gasteiger partial charge in [-0.15, -0.1) is 11.3 Å². The molecule has 0 spiro atoms. The summed E-state index contributed by atoms with van der Waals surface area (Å²) >= 11 is 8.55. The standard InChI is InChI=1S/C21H20ClN3O4S2/c1-28-16-7-8-17(18(10-16)29-2)25-19(26)9-15-11-30-21(24-15)31-12-20(27)23-14-5-3-13(22)4-6-14/h3-8,10-11H,9,12H2,1-2H3,(H,23,27)(H,25,26). The monoisotopic (exact) mass is 477 g/mol. The molecule has 162 valence electrons. The molecule has 2 amide bonds. The molecule has 0 saturated heterocycles. The number of nitrogens with zero attached hydrogens (tertiary/aromatic N) is 1. The van der Waals surface area contributed by atoms with Gasteiger partial charge in [0.1, 0.15) is 11.5 Å². The quantitative estimate of drug-likeness (QED) is 0.433. The Bertz CT molecular complexity index is 1060. The fraction of sp³-hybridized carbons (Fsp3) is 0.190. The van der Waals surface area contributed by atoms with Crippen LogP contribution < -0.4 is 20.1 Å². The molecule has 31 heavy (non-hydrogen) atoms. The van der Waals surface area contributed by atoms with E-state index in [9.17, 15) is 9.59 Å². The minimum Gasteiger partial charge on any atom is -0.497 e. The highest BCUT2D eigenvalue weighted by molar-refractivity contribution is 8.01. The van der Waals surface area contributed by atoms with Crippen molar-refractivity contribution in [3.63, 3.8) is 0 Å². The summed E-state index contributed by atoms with van der Waals surface area (Å²) in [5.41, 5.74) is 1.87. The highest BCUT2D eigenvalue weighted by Crippen LogP contribution is 2.29. The fourth-order valence-electron chi connectivity index (χ4n) is 2.55. The van der Waals surface area contributed by atoms with E-state index in [4.69, 9.17) is 21.1 Å². The highest BCUT2D eigenvalue weighted by atomic mass is 35.5. The van der Waals surface area contributed by atoms with Crippen molar-refractivity contribution in [3.05, 3.63) is 58.6 Å². The molecule has 0 fully saturated rings. The number of thiazole rings is 1. The fourth-order valence-corrected chi connectivity index (χ4v) is 4.32. The second kappa shape index (κ2) is 11.0. The normalized spacial score (nSPS) is 10.4. The summed E-state index contributed by atoms with van der Waals surface area (Å²) in [6.07, 6.45) is 0.114. The van der Waals surface area contributed by atoms with Gasteiger partial charge in [0, 0.05) is 22.2 Å². The van der Waals surface area contributed by atoms with Crippen LogP contribution in [0.5, 0.6) is 11.5 Å². The Kier molecular flexibility index (Phi) is 8.16. The molecule has 0 aliphatic carbocycles. The van der Waals surface area contributed by atoms with Crippen molar-refractivity contribution in [2.45, 2.75) is 10.8 Å². The number of aromatic nitrogens is 1. The first kappa shape index (κ1) is 22.9. The van der Waals surface area contributed by atoms with Crippen molar-refractivity contribution in [1.29, 1.82) is 0 Å². The van der Waals surface area contributed by atoms with Crippen LogP contribution in [0.1, 0.15) is 5.69 Å². The molecule has 7 nitrogen and oxygen atoms in total. The van der Waals surface area contributed by atoms with Crippen LogP contribution >= 0.6 is 34.7 Å². The second-order valence-electron chi connectivity index (χ2n) is 6.24. The molecule has 0 atom stereocenters. The molecule has 10 heteroatoms. The lowest BCUT2D eigenvalue weighted by atomic mass is 10.2. The summed E-state index contributed by atoms with van der Waals surface area (Å²) in [5.74, 6) is 0.995. The number of rotatable bonds is 9. The Morgan fingerprint density at radius 2 is 1.84 bits per heavy atom. The van der Waals surface area contributed by atoms with E-state index in [1.807, 2.05) is 5.38 Å². The van der Waals surface area contributed by atoms with Crippen LogP contribution in [0, 0.1) is 0 Å². The lowest BCUT2D eigenvalue weighted by molar-refractivity contribution is -0.116. The van der Waals surface area contributed by atoms with E-state index < -0.39 is 0 Å². The number of benzene rings is 2. The molecule has 2 aromatic carbocycles. The number of carbonyl (C=O) groups excluding carboxylic acids is 2. The van der Waals surface area contributed by atoms with E-state index in [1.54, 1.807) is 49.6 Å². The molecule has 0 radical (unpaired) electrons. The maximum Gasteiger partial charge on any atom is 0.234 e. The third-order valence-electron chi connectivity index (χ3n) is 4.01. The van der Waals surface area contributed by atoms with Gasteiger partial charge in [0.2, 0.25) is 11.8 Å². The van der Waals surface area contributed by atoms with Crippen molar-refractivity contribution in [1.82, 2.24) is 4.98 Å². The number of nitrogens with one attached hydrogen (secondary N) is 2. The average molecular weight is 478 g/mol. The van der Waals surface area contributed by atoms with E-state index in [-0.39, 0.29) is 24.0 Å². The third kappa shape index (κ3) is 6.88. The summed E-state index contributed by atoms with van der Waals surface area (Å²) in [7, 11) is 3.09. The number of ether oxygens (including phenoxy) is 2. The van der Waals surface area contributed by atoms with Gasteiger partial charge >= 0.3 is 0 Å². The number of halogens is 1. The Morgan fingerprint density at radius 3 is 2.55 bits per heavy atom. The van der Waals surface area contributed by atoms with Gasteiger partial charge in [-0.3, -0.25) is 9.59 Å². The highest BCUT2D eigenvalue weighted by Gasteiger charge is 2.13. The van der Waals surface area contributed by atoms with Crippen LogP contribution in [-0.4, -0.2) is 36.8 Å². The first-order chi connectivity index (χ1) is 15.0. The van der Waals surface area contributed by atoms with Gasteiger partial charge in [-0.2, -0.15) is 0 Å². The summed E-state index contributed by atoms with van der Waals surface area (Å²) in [5, 5.41) is 8.03. The molecule has 0 saturated carbocycles. The van der Waals surface area contributed by atoms with Crippen LogP contribution in [0.2, 0.25) is 5.02 Å². The molecule has 0 unspecified atom stereocenters. The molecule has 1 aromatic heterocycles. The third-order valence-corrected chi connectivity index (χ3v) is 6.33. The van der Waals surface area contributed by atoms with E-state index in [1.165, 1.54) is 30.2 Å². The van der Waals surface area contributed by atoms with E-state index in [0.29, 0.717) is 33.6 Å². The van der Waals surface area contributed by atoms with E-state index in [0.717, 1.165) is 4.34 Å². The van der Waals surface area contributed by atoms with Gasteiger partial charge < -0.3 is 20.1 Å². The predicted molar refractivity (Wildman–Crippen MR) is 125 cm³/mol. The van der Waals surface area contributed by atoms with Gasteiger partial charge in [0.15, 0.2) is 4.34 Å². The molecule has 0 bridgehead atoms. The SMILES string of the molecule is COc1ccc(NC(=O)Cc2csc(SCC(=O)Nc3ccc(Cl)cc3)n2)c(OC)c1. The lowest BCUT2D eigenvalue weighted by Crippen LogP contribution is -2.15. The number of carbonyl (C=O) groups is 2. The van der Waals surface area contributed by atoms with Gasteiger partial charge in [-0.05, 0) is 36.4 Å². The first-order valence-electron chi connectivity index (χ1n) is 9.11. The smallest absolute Gasteiger partial charge is 0.234 e. The number of methoxy groups -OCH3 is 2. The average Bonchev–Trinajstić information content (AvgIpc) is 3.21. The van der Waals surface area contributed by atoms with Crippen molar-refractivity contribution in [2.75, 3.05) is 30.6 Å². The molecule has 2 N–H and O–H groups in total. The number of amides is 2. The van der Waals surface area contributed by atoms with Crippen LogP contribution in [0.3, 0.4) is 0 Å². The van der Waals surface area contributed by atoms with Crippen molar-refractivity contribution >= 4 is 57.9 Å². The van der Waals surface area contributed by atoms with E-state index >= 15 is 0 Å². The summed E-state index contributed by atoms with van der Waals surface area (Å²) in [4.78, 5) is 28.9.